The van der Waals surface area contributed by atoms with Crippen LogP contribution in [-0.4, -0.2) is 38.1 Å². The summed E-state index contributed by atoms with van der Waals surface area (Å²) in [6, 6.07) is 0.799. The average molecular weight is 466 g/mol. The summed E-state index contributed by atoms with van der Waals surface area (Å²) in [6.07, 6.45) is 33.3. The number of unbranched alkanes of at least 4 members (excludes halogenated alkanes) is 16. The number of esters is 1. The van der Waals surface area contributed by atoms with Gasteiger partial charge in [-0.2, -0.15) is 0 Å². The van der Waals surface area contributed by atoms with Crippen molar-refractivity contribution in [1.29, 1.82) is 0 Å². The van der Waals surface area contributed by atoms with Crippen LogP contribution in [0.25, 0.3) is 0 Å². The molecule has 0 bridgehead atoms. The minimum absolute atomic E-state index is 0.0740. The van der Waals surface area contributed by atoms with Gasteiger partial charge in [-0.25, -0.2) is 0 Å². The molecule has 0 aliphatic rings. The van der Waals surface area contributed by atoms with Gasteiger partial charge in [0.2, 0.25) is 0 Å². The Morgan fingerprint density at radius 2 is 1.09 bits per heavy atom. The van der Waals surface area contributed by atoms with E-state index in [1.165, 1.54) is 129 Å². The second-order valence-corrected chi connectivity index (χ2v) is 10.2. The lowest BCUT2D eigenvalue weighted by atomic mass is 9.99. The van der Waals surface area contributed by atoms with Crippen LogP contribution in [0.1, 0.15) is 148 Å². The van der Waals surface area contributed by atoms with E-state index in [4.69, 9.17) is 0 Å². The zero-order chi connectivity index (χ0) is 24.4. The largest absolute Gasteiger partial charge is 0.469 e. The second-order valence-electron chi connectivity index (χ2n) is 10.2. The molecule has 1 atom stereocenters. The highest BCUT2D eigenvalue weighted by Gasteiger charge is 2.10. The lowest BCUT2D eigenvalue weighted by Gasteiger charge is -2.24. The highest BCUT2D eigenvalue weighted by atomic mass is 16.5. The highest BCUT2D eigenvalue weighted by molar-refractivity contribution is 5.68. The Morgan fingerprint density at radius 1 is 0.667 bits per heavy atom. The molecule has 0 aromatic carbocycles. The van der Waals surface area contributed by atoms with E-state index in [-0.39, 0.29) is 5.97 Å². The molecule has 0 fully saturated rings. The normalized spacial score (nSPS) is 12.6. The smallest absolute Gasteiger partial charge is 0.305 e. The molecular formula is C30H59NO2. The van der Waals surface area contributed by atoms with Gasteiger partial charge in [0.1, 0.15) is 0 Å². The predicted molar refractivity (Wildman–Crippen MR) is 146 cm³/mol. The number of hydrogen-bond acceptors (Lipinski definition) is 3. The molecule has 0 heterocycles. The van der Waals surface area contributed by atoms with Crippen molar-refractivity contribution in [2.45, 2.75) is 154 Å². The third-order valence-corrected chi connectivity index (χ3v) is 6.93. The monoisotopic (exact) mass is 465 g/mol. The average Bonchev–Trinajstić information content (AvgIpc) is 2.81. The molecule has 0 saturated heterocycles. The molecule has 0 spiro atoms. The van der Waals surface area contributed by atoms with E-state index in [0.717, 1.165) is 18.9 Å². The van der Waals surface area contributed by atoms with Gasteiger partial charge >= 0.3 is 5.97 Å². The SMILES string of the molecule is CCCCCCC(CCCCCCCCCCC=CCCCCCCCC(=O)OC)N(C)C. The summed E-state index contributed by atoms with van der Waals surface area (Å²) in [4.78, 5) is 13.5. The summed E-state index contributed by atoms with van der Waals surface area (Å²) in [6.45, 7) is 2.30. The fraction of sp³-hybridized carbons (Fsp3) is 0.900. The van der Waals surface area contributed by atoms with Crippen LogP contribution in [0.3, 0.4) is 0 Å². The standard InChI is InChI=1S/C30H59NO2/c1-5-6-7-23-26-29(31(2)3)27-24-21-19-17-15-13-11-9-8-10-12-14-16-18-20-22-25-28-30(32)33-4/h10,12,29H,5-9,11,13-28H2,1-4H3. The first-order chi connectivity index (χ1) is 16.1. The van der Waals surface area contributed by atoms with Gasteiger partial charge in [-0.05, 0) is 59.0 Å². The Hall–Kier alpha value is -0.830. The number of nitrogens with zero attached hydrogens (tertiary/aromatic N) is 1. The second kappa shape index (κ2) is 25.8. The number of rotatable bonds is 25. The van der Waals surface area contributed by atoms with Crippen LogP contribution in [0.4, 0.5) is 0 Å². The van der Waals surface area contributed by atoms with Crippen LogP contribution in [0, 0.1) is 0 Å². The molecule has 1 unspecified atom stereocenters. The van der Waals surface area contributed by atoms with Crippen LogP contribution in [0.2, 0.25) is 0 Å². The molecule has 0 N–H and O–H groups in total. The maximum atomic E-state index is 11.0. The van der Waals surface area contributed by atoms with Crippen LogP contribution >= 0.6 is 0 Å². The summed E-state index contributed by atoms with van der Waals surface area (Å²) < 4.78 is 4.66. The van der Waals surface area contributed by atoms with Gasteiger partial charge in [0.25, 0.3) is 0 Å². The van der Waals surface area contributed by atoms with E-state index in [9.17, 15) is 4.79 Å². The van der Waals surface area contributed by atoms with Crippen molar-refractivity contribution in [3.8, 4) is 0 Å². The highest BCUT2D eigenvalue weighted by Crippen LogP contribution is 2.17. The van der Waals surface area contributed by atoms with E-state index in [1.54, 1.807) is 0 Å². The lowest BCUT2D eigenvalue weighted by Crippen LogP contribution is -2.27. The maximum absolute atomic E-state index is 11.0. The van der Waals surface area contributed by atoms with Crippen LogP contribution in [0.15, 0.2) is 12.2 Å². The first kappa shape index (κ1) is 32.2. The van der Waals surface area contributed by atoms with Crippen LogP contribution in [-0.2, 0) is 9.53 Å². The third-order valence-electron chi connectivity index (χ3n) is 6.93. The fourth-order valence-corrected chi connectivity index (χ4v) is 4.57. The number of carbonyl (C=O) groups is 1. The number of ether oxygens (including phenoxy) is 1. The fourth-order valence-electron chi connectivity index (χ4n) is 4.57. The molecule has 0 aliphatic carbocycles. The molecule has 0 saturated carbocycles. The molecular weight excluding hydrogens is 406 g/mol. The van der Waals surface area contributed by atoms with Crippen molar-refractivity contribution >= 4 is 5.97 Å². The molecule has 0 radical (unpaired) electrons. The van der Waals surface area contributed by atoms with Gasteiger partial charge in [-0.1, -0.05) is 109 Å². The van der Waals surface area contributed by atoms with Crippen molar-refractivity contribution in [1.82, 2.24) is 4.90 Å². The Balaban J connectivity index is 3.34. The zero-order valence-corrected chi connectivity index (χ0v) is 23.1. The van der Waals surface area contributed by atoms with Gasteiger partial charge in [-0.3, -0.25) is 4.79 Å². The van der Waals surface area contributed by atoms with E-state index < -0.39 is 0 Å². The molecule has 33 heavy (non-hydrogen) atoms. The molecule has 3 nitrogen and oxygen atoms in total. The summed E-state index contributed by atoms with van der Waals surface area (Å²) in [7, 11) is 5.99. The van der Waals surface area contributed by atoms with Crippen molar-refractivity contribution in [2.75, 3.05) is 21.2 Å². The Bertz CT molecular complexity index is 433. The number of methoxy groups -OCH3 is 1. The third kappa shape index (κ3) is 24.1. The van der Waals surface area contributed by atoms with Crippen molar-refractivity contribution in [2.24, 2.45) is 0 Å². The molecule has 0 aromatic rings. The molecule has 0 amide bonds. The minimum Gasteiger partial charge on any atom is -0.469 e. The van der Waals surface area contributed by atoms with Gasteiger partial charge in [0.15, 0.2) is 0 Å². The zero-order valence-electron chi connectivity index (χ0n) is 23.1. The number of hydrogen-bond donors (Lipinski definition) is 0. The first-order valence-electron chi connectivity index (χ1n) is 14.5. The summed E-state index contributed by atoms with van der Waals surface area (Å²) in [5.74, 6) is -0.0740. The van der Waals surface area contributed by atoms with Crippen molar-refractivity contribution < 1.29 is 9.53 Å². The maximum Gasteiger partial charge on any atom is 0.305 e. The number of allylic oxidation sites excluding steroid dienone is 2. The summed E-state index contributed by atoms with van der Waals surface area (Å²) in [5, 5.41) is 0. The number of carbonyl (C=O) groups excluding carboxylic acids is 1. The van der Waals surface area contributed by atoms with Crippen molar-refractivity contribution in [3.63, 3.8) is 0 Å². The quantitative estimate of drug-likeness (QED) is 0.0764. The molecule has 3 heteroatoms. The van der Waals surface area contributed by atoms with Gasteiger partial charge in [-0.15, -0.1) is 0 Å². The Labute approximate surface area is 208 Å². The van der Waals surface area contributed by atoms with Gasteiger partial charge in [0.05, 0.1) is 7.11 Å². The van der Waals surface area contributed by atoms with Crippen molar-refractivity contribution in [3.05, 3.63) is 12.2 Å². The van der Waals surface area contributed by atoms with Crippen LogP contribution in [0.5, 0.6) is 0 Å². The van der Waals surface area contributed by atoms with Gasteiger partial charge < -0.3 is 9.64 Å². The molecule has 196 valence electrons. The van der Waals surface area contributed by atoms with E-state index in [0.29, 0.717) is 6.42 Å². The molecule has 0 aliphatic heterocycles. The Kier molecular flexibility index (Phi) is 25.1. The van der Waals surface area contributed by atoms with E-state index >= 15 is 0 Å². The summed E-state index contributed by atoms with van der Waals surface area (Å²) >= 11 is 0. The lowest BCUT2D eigenvalue weighted by molar-refractivity contribution is -0.140. The molecule has 0 aromatic heterocycles. The van der Waals surface area contributed by atoms with Gasteiger partial charge in [0, 0.05) is 12.5 Å². The Morgan fingerprint density at radius 3 is 1.55 bits per heavy atom. The van der Waals surface area contributed by atoms with E-state index in [2.05, 4.69) is 42.8 Å². The topological polar surface area (TPSA) is 29.5 Å². The minimum atomic E-state index is -0.0740. The van der Waals surface area contributed by atoms with Crippen LogP contribution < -0.4 is 0 Å². The predicted octanol–water partition coefficient (Wildman–Crippen LogP) is 9.25. The molecule has 0 rings (SSSR count). The van der Waals surface area contributed by atoms with E-state index in [1.807, 2.05) is 0 Å². The summed E-state index contributed by atoms with van der Waals surface area (Å²) in [5.41, 5.74) is 0. The first-order valence-corrected chi connectivity index (χ1v) is 14.5.